The van der Waals surface area contributed by atoms with Crippen molar-refractivity contribution in [1.82, 2.24) is 0 Å². The van der Waals surface area contributed by atoms with Crippen molar-refractivity contribution in [2.24, 2.45) is 10.7 Å². The first-order valence-corrected chi connectivity index (χ1v) is 6.86. The maximum atomic E-state index is 5.98. The van der Waals surface area contributed by atoms with Gasteiger partial charge in [0.2, 0.25) is 0 Å². The third-order valence-electron chi connectivity index (χ3n) is 3.07. The SMILES string of the molecule is CCCCC1CN=C(N)N1c1ccc(Br)cc1. The molecule has 1 aliphatic rings. The molecule has 1 aliphatic heterocycles. The zero-order chi connectivity index (χ0) is 12.3. The van der Waals surface area contributed by atoms with Crippen LogP contribution in [0, 0.1) is 0 Å². The van der Waals surface area contributed by atoms with E-state index in [9.17, 15) is 0 Å². The fourth-order valence-corrected chi connectivity index (χ4v) is 2.41. The monoisotopic (exact) mass is 295 g/mol. The van der Waals surface area contributed by atoms with E-state index in [-0.39, 0.29) is 0 Å². The van der Waals surface area contributed by atoms with Gasteiger partial charge in [-0.1, -0.05) is 35.7 Å². The van der Waals surface area contributed by atoms with Crippen molar-refractivity contribution >= 4 is 27.6 Å². The van der Waals surface area contributed by atoms with E-state index < -0.39 is 0 Å². The number of guanidine groups is 1. The van der Waals surface area contributed by atoms with E-state index in [1.165, 1.54) is 12.8 Å². The number of halogens is 1. The van der Waals surface area contributed by atoms with Gasteiger partial charge < -0.3 is 10.6 Å². The minimum Gasteiger partial charge on any atom is -0.370 e. The molecule has 0 fully saturated rings. The zero-order valence-corrected chi connectivity index (χ0v) is 11.7. The number of unbranched alkanes of at least 4 members (excludes halogenated alkanes) is 1. The highest BCUT2D eigenvalue weighted by molar-refractivity contribution is 9.10. The van der Waals surface area contributed by atoms with Crippen molar-refractivity contribution in [2.45, 2.75) is 32.2 Å². The number of hydrogen-bond donors (Lipinski definition) is 1. The van der Waals surface area contributed by atoms with E-state index in [0.29, 0.717) is 12.0 Å². The van der Waals surface area contributed by atoms with Crippen LogP contribution in [0.4, 0.5) is 5.69 Å². The molecule has 1 aromatic carbocycles. The van der Waals surface area contributed by atoms with Crippen molar-refractivity contribution in [3.8, 4) is 0 Å². The molecule has 1 heterocycles. The summed E-state index contributed by atoms with van der Waals surface area (Å²) in [6.07, 6.45) is 3.59. The largest absolute Gasteiger partial charge is 0.370 e. The van der Waals surface area contributed by atoms with E-state index >= 15 is 0 Å². The van der Waals surface area contributed by atoms with Crippen LogP contribution in [0.5, 0.6) is 0 Å². The minimum atomic E-state index is 0.427. The summed E-state index contributed by atoms with van der Waals surface area (Å²) in [5.74, 6) is 0.647. The van der Waals surface area contributed by atoms with Gasteiger partial charge in [-0.2, -0.15) is 0 Å². The van der Waals surface area contributed by atoms with Crippen LogP contribution in [-0.4, -0.2) is 18.5 Å². The molecule has 17 heavy (non-hydrogen) atoms. The molecule has 0 bridgehead atoms. The molecule has 1 aromatic rings. The highest BCUT2D eigenvalue weighted by Gasteiger charge is 2.26. The summed E-state index contributed by atoms with van der Waals surface area (Å²) in [6.45, 7) is 3.03. The van der Waals surface area contributed by atoms with Gasteiger partial charge >= 0.3 is 0 Å². The van der Waals surface area contributed by atoms with E-state index in [2.05, 4.69) is 44.9 Å². The lowest BCUT2D eigenvalue weighted by atomic mass is 10.1. The second-order valence-corrected chi connectivity index (χ2v) is 5.26. The first-order valence-electron chi connectivity index (χ1n) is 6.07. The number of benzene rings is 1. The zero-order valence-electron chi connectivity index (χ0n) is 10.1. The molecule has 1 atom stereocenters. The van der Waals surface area contributed by atoms with Crippen molar-refractivity contribution in [1.29, 1.82) is 0 Å². The van der Waals surface area contributed by atoms with Gasteiger partial charge in [0.1, 0.15) is 0 Å². The predicted molar refractivity (Wildman–Crippen MR) is 76.4 cm³/mol. The molecule has 0 aliphatic carbocycles. The third kappa shape index (κ3) is 2.80. The fourth-order valence-electron chi connectivity index (χ4n) is 2.15. The highest BCUT2D eigenvalue weighted by Crippen LogP contribution is 2.25. The maximum Gasteiger partial charge on any atom is 0.196 e. The lowest BCUT2D eigenvalue weighted by Crippen LogP contribution is -2.40. The Kier molecular flexibility index (Phi) is 4.05. The van der Waals surface area contributed by atoms with Crippen molar-refractivity contribution in [3.05, 3.63) is 28.7 Å². The maximum absolute atomic E-state index is 5.98. The van der Waals surface area contributed by atoms with Crippen LogP contribution in [0.2, 0.25) is 0 Å². The van der Waals surface area contributed by atoms with Gasteiger partial charge in [0.25, 0.3) is 0 Å². The summed E-state index contributed by atoms with van der Waals surface area (Å²) >= 11 is 3.45. The Morgan fingerprint density at radius 2 is 2.12 bits per heavy atom. The van der Waals surface area contributed by atoms with Crippen LogP contribution >= 0.6 is 15.9 Å². The fraction of sp³-hybridized carbons (Fsp3) is 0.462. The molecule has 0 aromatic heterocycles. The molecule has 2 rings (SSSR count). The van der Waals surface area contributed by atoms with Crippen molar-refractivity contribution in [2.75, 3.05) is 11.4 Å². The van der Waals surface area contributed by atoms with Gasteiger partial charge in [-0.15, -0.1) is 0 Å². The number of rotatable bonds is 4. The molecule has 92 valence electrons. The van der Waals surface area contributed by atoms with E-state index in [0.717, 1.165) is 23.1 Å². The average molecular weight is 296 g/mol. The highest BCUT2D eigenvalue weighted by atomic mass is 79.9. The van der Waals surface area contributed by atoms with Gasteiger partial charge in [-0.25, -0.2) is 0 Å². The summed E-state index contributed by atoms with van der Waals surface area (Å²) in [7, 11) is 0. The molecule has 0 spiro atoms. The van der Waals surface area contributed by atoms with Crippen LogP contribution in [0.25, 0.3) is 0 Å². The Morgan fingerprint density at radius 1 is 1.41 bits per heavy atom. The van der Waals surface area contributed by atoms with E-state index in [4.69, 9.17) is 5.73 Å². The normalized spacial score (nSPS) is 19.5. The van der Waals surface area contributed by atoms with Crippen LogP contribution in [0.15, 0.2) is 33.7 Å². The lowest BCUT2D eigenvalue weighted by Gasteiger charge is -2.26. The minimum absolute atomic E-state index is 0.427. The average Bonchev–Trinajstić information content (AvgIpc) is 2.69. The number of aliphatic imine (C=N–C) groups is 1. The molecule has 4 heteroatoms. The van der Waals surface area contributed by atoms with Crippen LogP contribution in [-0.2, 0) is 0 Å². The third-order valence-corrected chi connectivity index (χ3v) is 3.60. The molecular weight excluding hydrogens is 278 g/mol. The number of hydrogen-bond acceptors (Lipinski definition) is 3. The predicted octanol–water partition coefficient (Wildman–Crippen LogP) is 3.14. The first-order chi connectivity index (χ1) is 8.22. The number of nitrogens with two attached hydrogens (primary N) is 1. The Labute approximate surface area is 111 Å². The smallest absolute Gasteiger partial charge is 0.196 e. The Hall–Kier alpha value is -1.03. The topological polar surface area (TPSA) is 41.6 Å². The standard InChI is InChI=1S/C13H18BrN3/c1-2-3-4-12-9-16-13(15)17(12)11-7-5-10(14)6-8-11/h5-8,12H,2-4,9H2,1H3,(H2,15,16). The summed E-state index contributed by atoms with van der Waals surface area (Å²) in [6, 6.07) is 8.67. The van der Waals surface area contributed by atoms with Crippen LogP contribution in [0.3, 0.4) is 0 Å². The molecule has 0 amide bonds. The van der Waals surface area contributed by atoms with Gasteiger partial charge in [0, 0.05) is 10.2 Å². The Morgan fingerprint density at radius 3 is 2.76 bits per heavy atom. The van der Waals surface area contributed by atoms with Crippen LogP contribution in [0.1, 0.15) is 26.2 Å². The molecule has 0 saturated heterocycles. The van der Waals surface area contributed by atoms with Gasteiger partial charge in [0.15, 0.2) is 5.96 Å². The van der Waals surface area contributed by atoms with E-state index in [1.54, 1.807) is 0 Å². The summed E-state index contributed by atoms with van der Waals surface area (Å²) in [5, 5.41) is 0. The van der Waals surface area contributed by atoms with Gasteiger partial charge in [0.05, 0.1) is 12.6 Å². The number of anilines is 1. The van der Waals surface area contributed by atoms with Crippen LogP contribution < -0.4 is 10.6 Å². The second-order valence-electron chi connectivity index (χ2n) is 4.34. The Balaban J connectivity index is 2.15. The number of nitrogens with zero attached hydrogens (tertiary/aromatic N) is 2. The van der Waals surface area contributed by atoms with Crippen molar-refractivity contribution < 1.29 is 0 Å². The second kappa shape index (κ2) is 5.54. The lowest BCUT2D eigenvalue weighted by molar-refractivity contribution is 0.600. The first kappa shape index (κ1) is 12.4. The summed E-state index contributed by atoms with van der Waals surface area (Å²) in [4.78, 5) is 6.51. The summed E-state index contributed by atoms with van der Waals surface area (Å²) < 4.78 is 1.08. The molecule has 2 N–H and O–H groups in total. The van der Waals surface area contributed by atoms with E-state index in [1.807, 2.05) is 12.1 Å². The van der Waals surface area contributed by atoms with Gasteiger partial charge in [-0.3, -0.25) is 4.99 Å². The molecule has 0 radical (unpaired) electrons. The molecular formula is C13H18BrN3. The quantitative estimate of drug-likeness (QED) is 0.927. The molecule has 3 nitrogen and oxygen atoms in total. The summed E-state index contributed by atoms with van der Waals surface area (Å²) in [5.41, 5.74) is 7.11. The van der Waals surface area contributed by atoms with Gasteiger partial charge in [-0.05, 0) is 30.7 Å². The van der Waals surface area contributed by atoms with Crippen molar-refractivity contribution in [3.63, 3.8) is 0 Å². The Bertz CT molecular complexity index is 400. The molecule has 1 unspecified atom stereocenters. The molecule has 0 saturated carbocycles.